The Morgan fingerprint density at radius 3 is 1.37 bits per heavy atom. The largest absolute Gasteiger partial charge is 0.371 e. The van der Waals surface area contributed by atoms with E-state index in [1.807, 2.05) is 47.4 Å². The van der Waals surface area contributed by atoms with Crippen LogP contribution in [0.15, 0.2) is 109 Å². The second-order valence-electron chi connectivity index (χ2n) is 33.6. The molecule has 6 aromatic carbocycles. The lowest BCUT2D eigenvalue weighted by Gasteiger charge is -2.45. The third-order valence-corrected chi connectivity index (χ3v) is 27.7. The van der Waals surface area contributed by atoms with Crippen molar-refractivity contribution in [3.63, 3.8) is 0 Å². The summed E-state index contributed by atoms with van der Waals surface area (Å²) in [5.74, 6) is -3.92. The zero-order valence-electron chi connectivity index (χ0n) is 64.1. The number of nitriles is 2. The van der Waals surface area contributed by atoms with Crippen LogP contribution in [-0.2, 0) is 19.2 Å². The normalized spacial score (nSPS) is 22.8. The number of fused-ring (bicyclic) bond motifs is 2. The average molecular weight is 1590 g/mol. The SMILES string of the molecule is N#Cc1ccc(N2CCC3(CCN(C(=O)c4cc(-c5ccc(C(=O)N6CCC7(CCN(c8ccc(C#N)c(Cl)c8)CC7)C6)cc5N5CCN(C6CCN(c7ccc8c(c7)C(=O)N(C7CCC(=O)NC7=O)C8=O)CC6)CC5)cc(N5CCN(CC6CN(c7ccc8c(c7)C(=O)N(C7CCC(=O)NC7=O)C8=O)C6)CC5)c4)C3)CC2)cc1Cl. The van der Waals surface area contributed by atoms with E-state index in [0.717, 1.165) is 191 Å². The Bertz CT molecular complexity index is 5150. The lowest BCUT2D eigenvalue weighted by atomic mass is 9.77. The molecule has 10 amide bonds. The first-order valence-electron chi connectivity index (χ1n) is 40.6. The standard InChI is InChI=1S/C87H90Cl2N16O10/c88-71-45-63(4-1-56(71)47-90)96-25-17-86(18-26-96)21-29-101(52-86)80(110)55-3-8-66(75(42-55)100-37-35-98(36-38-100)60-15-23-95(24-16-60)61-6-9-67-69(43-61)84(114)104(82(67)112)73-11-13-76(106)92-78(73)108)58-39-59(81(111)102-30-22-87(53-102)19-27-97(28-20-87)64-5-2-57(48-91)72(89)46-64)41-65(40-58)99-33-31-94(32-34-99)49-54-50-103(51-54)62-7-10-68-70(44-62)85(115)105(83(68)113)74-12-14-77(107)93-79(74)109/h1-10,39-46,54,60,73-74H,11-38,49-53H2,(H,92,106,108)(H,93,107,109). The van der Waals surface area contributed by atoms with Crippen molar-refractivity contribution < 1.29 is 47.9 Å². The fourth-order valence-electron chi connectivity index (χ4n) is 20.3. The Labute approximate surface area is 676 Å². The van der Waals surface area contributed by atoms with Gasteiger partial charge in [-0.15, -0.1) is 0 Å². The van der Waals surface area contributed by atoms with Crippen molar-refractivity contribution >= 4 is 116 Å². The van der Waals surface area contributed by atoms with Gasteiger partial charge < -0.3 is 39.2 Å². The fraction of sp³-hybridized carbons (Fsp3) is 0.448. The summed E-state index contributed by atoms with van der Waals surface area (Å²) in [6.07, 6.45) is 7.41. The molecule has 12 aliphatic heterocycles. The van der Waals surface area contributed by atoms with Crippen LogP contribution in [0.25, 0.3) is 11.1 Å². The fourth-order valence-corrected chi connectivity index (χ4v) is 20.7. The molecule has 0 aliphatic carbocycles. The zero-order chi connectivity index (χ0) is 79.3. The summed E-state index contributed by atoms with van der Waals surface area (Å²) >= 11 is 13.1. The molecular formula is C87H90Cl2N16O10. The van der Waals surface area contributed by atoms with E-state index >= 15 is 9.59 Å². The van der Waals surface area contributed by atoms with Gasteiger partial charge in [-0.3, -0.25) is 78.2 Å². The van der Waals surface area contributed by atoms with Gasteiger partial charge in [-0.05, 0) is 184 Å². The van der Waals surface area contributed by atoms with Crippen molar-refractivity contribution in [2.75, 3.05) is 167 Å². The van der Waals surface area contributed by atoms with Crippen LogP contribution in [-0.4, -0.2) is 244 Å². The minimum absolute atomic E-state index is 0.00792. The highest BCUT2D eigenvalue weighted by Crippen LogP contribution is 2.47. The lowest BCUT2D eigenvalue weighted by molar-refractivity contribution is -0.137. The quantitative estimate of drug-likeness (QED) is 0.0966. The maximum atomic E-state index is 15.6. The Kier molecular flexibility index (Phi) is 19.9. The molecule has 2 N–H and O–H groups in total. The molecule has 2 spiro atoms. The average Bonchev–Trinajstić information content (AvgIpc) is 1.64. The van der Waals surface area contributed by atoms with Gasteiger partial charge in [0.15, 0.2) is 0 Å². The number of imide groups is 4. The third kappa shape index (κ3) is 14.2. The number of rotatable bonds is 14. The molecule has 18 rings (SSSR count). The van der Waals surface area contributed by atoms with Gasteiger partial charge in [0.2, 0.25) is 23.6 Å². The molecule has 12 heterocycles. The predicted molar refractivity (Wildman–Crippen MR) is 433 cm³/mol. The number of likely N-dealkylation sites (tertiary alicyclic amines) is 2. The Morgan fingerprint density at radius 1 is 0.417 bits per heavy atom. The van der Waals surface area contributed by atoms with Crippen LogP contribution in [0.1, 0.15) is 150 Å². The van der Waals surface area contributed by atoms with E-state index in [-0.39, 0.29) is 76.6 Å². The van der Waals surface area contributed by atoms with Crippen molar-refractivity contribution in [3.05, 3.63) is 164 Å². The summed E-state index contributed by atoms with van der Waals surface area (Å²) in [5, 5.41) is 24.6. The molecule has 0 saturated carbocycles. The van der Waals surface area contributed by atoms with Crippen molar-refractivity contribution in [2.45, 2.75) is 95.2 Å². The number of piperazine rings is 2. The second-order valence-corrected chi connectivity index (χ2v) is 34.4. The summed E-state index contributed by atoms with van der Waals surface area (Å²) in [4.78, 5) is 160. The van der Waals surface area contributed by atoms with Gasteiger partial charge in [0.1, 0.15) is 24.2 Å². The van der Waals surface area contributed by atoms with Gasteiger partial charge in [0, 0.05) is 213 Å². The van der Waals surface area contributed by atoms with Crippen molar-refractivity contribution in [2.24, 2.45) is 16.7 Å². The van der Waals surface area contributed by atoms with Crippen LogP contribution in [0.3, 0.4) is 0 Å². The highest BCUT2D eigenvalue weighted by atomic mass is 35.5. The second kappa shape index (κ2) is 30.4. The monoisotopic (exact) mass is 1590 g/mol. The summed E-state index contributed by atoms with van der Waals surface area (Å²) in [6, 6.07) is 37.0. The van der Waals surface area contributed by atoms with Crippen LogP contribution in [0, 0.1) is 39.4 Å². The van der Waals surface area contributed by atoms with Crippen molar-refractivity contribution in [1.29, 1.82) is 10.5 Å². The molecule has 26 nitrogen and oxygen atoms in total. The zero-order valence-corrected chi connectivity index (χ0v) is 65.6. The van der Waals surface area contributed by atoms with Crippen LogP contribution in [0.2, 0.25) is 10.0 Å². The first-order valence-corrected chi connectivity index (χ1v) is 41.4. The summed E-state index contributed by atoms with van der Waals surface area (Å²) in [7, 11) is 0. The van der Waals surface area contributed by atoms with E-state index in [0.29, 0.717) is 90.6 Å². The van der Waals surface area contributed by atoms with E-state index < -0.39 is 59.3 Å². The van der Waals surface area contributed by atoms with Gasteiger partial charge in [-0.1, -0.05) is 29.3 Å². The smallest absolute Gasteiger partial charge is 0.262 e. The number of hydrogen-bond acceptors (Lipinski definition) is 20. The van der Waals surface area contributed by atoms with Gasteiger partial charge in [0.05, 0.1) is 43.4 Å². The van der Waals surface area contributed by atoms with Gasteiger partial charge in [-0.2, -0.15) is 10.5 Å². The molecule has 2 atom stereocenters. The first kappa shape index (κ1) is 75.5. The number of nitrogens with zero attached hydrogens (tertiary/aromatic N) is 14. The maximum absolute atomic E-state index is 15.6. The number of amides is 10. The first-order chi connectivity index (χ1) is 55.6. The topological polar surface area (TPSA) is 281 Å². The molecule has 10 fully saturated rings. The van der Waals surface area contributed by atoms with Gasteiger partial charge >= 0.3 is 0 Å². The van der Waals surface area contributed by atoms with Crippen molar-refractivity contribution in [3.8, 4) is 23.3 Å². The molecule has 0 aromatic heterocycles. The van der Waals surface area contributed by atoms with Crippen LogP contribution >= 0.6 is 23.2 Å². The minimum Gasteiger partial charge on any atom is -0.371 e. The molecule has 2 unspecified atom stereocenters. The summed E-state index contributed by atoms with van der Waals surface area (Å²) in [5.41, 5.74) is 10.4. The highest BCUT2D eigenvalue weighted by molar-refractivity contribution is 6.32. The van der Waals surface area contributed by atoms with Gasteiger partial charge in [-0.25, -0.2) is 0 Å². The molecule has 28 heteroatoms. The third-order valence-electron chi connectivity index (χ3n) is 27.1. The Balaban J connectivity index is 0.593. The van der Waals surface area contributed by atoms with Crippen LogP contribution in [0.4, 0.5) is 34.1 Å². The molecule has 115 heavy (non-hydrogen) atoms. The lowest BCUT2D eigenvalue weighted by Crippen LogP contribution is -2.55. The minimum atomic E-state index is -1.04. The summed E-state index contributed by atoms with van der Waals surface area (Å²) in [6.45, 7) is 15.5. The number of carbonyl (C=O) groups is 10. The van der Waals surface area contributed by atoms with E-state index in [2.05, 4.69) is 97.2 Å². The number of anilines is 6. The van der Waals surface area contributed by atoms with Crippen LogP contribution in [0.5, 0.6) is 0 Å². The molecular weight excluding hydrogens is 1500 g/mol. The molecule has 12 aliphatic rings. The predicted octanol–water partition coefficient (Wildman–Crippen LogP) is 8.52. The Morgan fingerprint density at radius 2 is 0.861 bits per heavy atom. The van der Waals surface area contributed by atoms with Crippen LogP contribution < -0.4 is 40.0 Å². The summed E-state index contributed by atoms with van der Waals surface area (Å²) < 4.78 is 0. The highest BCUT2D eigenvalue weighted by Gasteiger charge is 2.49. The van der Waals surface area contributed by atoms with E-state index in [9.17, 15) is 48.9 Å². The number of benzene rings is 6. The van der Waals surface area contributed by atoms with E-state index in [1.54, 1.807) is 36.4 Å². The molecule has 592 valence electrons. The van der Waals surface area contributed by atoms with E-state index in [4.69, 9.17) is 23.2 Å². The number of piperidine rings is 5. The Hall–Kier alpha value is -10.9. The molecule has 10 saturated heterocycles. The molecule has 6 aromatic rings. The van der Waals surface area contributed by atoms with Crippen molar-refractivity contribution in [1.82, 2.24) is 40.0 Å². The maximum Gasteiger partial charge on any atom is 0.262 e. The molecule has 0 bridgehead atoms. The van der Waals surface area contributed by atoms with E-state index in [1.165, 1.54) is 0 Å². The number of nitrogens with one attached hydrogen (secondary N) is 2. The number of halogens is 2. The van der Waals surface area contributed by atoms with Gasteiger partial charge in [0.25, 0.3) is 35.4 Å². The number of carbonyl (C=O) groups excluding carboxylic acids is 10. The number of hydrogen-bond donors (Lipinski definition) is 2. The molecule has 0 radical (unpaired) electrons.